The molecule has 5 nitrogen and oxygen atoms in total. The summed E-state index contributed by atoms with van der Waals surface area (Å²) in [6.07, 6.45) is 1.66. The van der Waals surface area contributed by atoms with Crippen LogP contribution in [0.2, 0.25) is 0 Å². The lowest BCUT2D eigenvalue weighted by Crippen LogP contribution is -2.37. The van der Waals surface area contributed by atoms with Crippen LogP contribution >= 0.6 is 11.3 Å². The Labute approximate surface area is 129 Å². The molecule has 0 aliphatic heterocycles. The number of rotatable bonds is 5. The molecule has 2 aromatic rings. The highest BCUT2D eigenvalue weighted by atomic mass is 32.1. The minimum Gasteiger partial charge on any atom is -0.336 e. The number of likely N-dealkylation sites (N-methyl/N-ethyl adjacent to an activating group) is 1. The molecule has 2 amide bonds. The monoisotopic (exact) mass is 304 g/mol. The zero-order chi connectivity index (χ0) is 15.2. The Hall–Kier alpha value is -1.92. The first-order chi connectivity index (χ1) is 10.1. The summed E-state index contributed by atoms with van der Waals surface area (Å²) in [4.78, 5) is 18.2. The van der Waals surface area contributed by atoms with Crippen LogP contribution in [-0.4, -0.2) is 36.6 Å². The van der Waals surface area contributed by atoms with Crippen LogP contribution in [0.4, 0.5) is 10.6 Å². The van der Waals surface area contributed by atoms with E-state index in [0.717, 1.165) is 5.56 Å². The molecule has 2 rings (SSSR count). The fourth-order valence-corrected chi connectivity index (χ4v) is 2.73. The number of aromatic nitrogens is 1. The van der Waals surface area contributed by atoms with Gasteiger partial charge in [0, 0.05) is 12.7 Å². The summed E-state index contributed by atoms with van der Waals surface area (Å²) in [7, 11) is 4.01. The molecular weight excluding hydrogens is 284 g/mol. The first kappa shape index (κ1) is 15.5. The first-order valence-electron chi connectivity index (χ1n) is 6.73. The van der Waals surface area contributed by atoms with Gasteiger partial charge >= 0.3 is 6.03 Å². The molecule has 6 heteroatoms. The number of nitrogens with zero attached hydrogens (tertiary/aromatic N) is 2. The Morgan fingerprint density at radius 2 is 2.24 bits per heavy atom. The molecule has 1 atom stereocenters. The third-order valence-electron chi connectivity index (χ3n) is 3.25. The maximum atomic E-state index is 12.0. The van der Waals surface area contributed by atoms with E-state index in [-0.39, 0.29) is 12.1 Å². The molecule has 2 heterocycles. The quantitative estimate of drug-likeness (QED) is 0.893. The fraction of sp³-hybridized carbons (Fsp3) is 0.333. The zero-order valence-electron chi connectivity index (χ0n) is 12.5. The summed E-state index contributed by atoms with van der Waals surface area (Å²) < 4.78 is 0. The Bertz CT molecular complexity index is 583. The predicted molar refractivity (Wildman–Crippen MR) is 86.7 cm³/mol. The van der Waals surface area contributed by atoms with Crippen LogP contribution in [0.25, 0.3) is 0 Å². The standard InChI is InChI=1S/C15H20N4OS/c1-11-5-4-7-16-14(11)18-15(20)17-9-13(19(2)3)12-6-8-21-10-12/h4-8,10,13H,9H2,1-3H3,(H2,16,17,18,20)/t13-/m1/s1. The molecule has 0 bridgehead atoms. The summed E-state index contributed by atoms with van der Waals surface area (Å²) in [6.45, 7) is 2.46. The average Bonchev–Trinajstić information content (AvgIpc) is 2.95. The number of pyridine rings is 1. The number of nitrogens with one attached hydrogen (secondary N) is 2. The van der Waals surface area contributed by atoms with Gasteiger partial charge in [0.15, 0.2) is 0 Å². The number of amides is 2. The Morgan fingerprint density at radius 1 is 1.43 bits per heavy atom. The Morgan fingerprint density at radius 3 is 2.86 bits per heavy atom. The van der Waals surface area contributed by atoms with Crippen molar-refractivity contribution in [2.45, 2.75) is 13.0 Å². The van der Waals surface area contributed by atoms with Gasteiger partial charge in [-0.1, -0.05) is 6.07 Å². The smallest absolute Gasteiger partial charge is 0.320 e. The van der Waals surface area contributed by atoms with E-state index < -0.39 is 0 Å². The summed E-state index contributed by atoms with van der Waals surface area (Å²) >= 11 is 1.66. The van der Waals surface area contributed by atoms with Crippen LogP contribution in [0.3, 0.4) is 0 Å². The number of carbonyl (C=O) groups excluding carboxylic acids is 1. The minimum atomic E-state index is -0.237. The molecule has 0 aliphatic rings. The van der Waals surface area contributed by atoms with E-state index in [1.807, 2.05) is 38.5 Å². The van der Waals surface area contributed by atoms with E-state index >= 15 is 0 Å². The molecule has 21 heavy (non-hydrogen) atoms. The van der Waals surface area contributed by atoms with Gasteiger partial charge in [0.05, 0.1) is 6.04 Å². The molecule has 0 fully saturated rings. The lowest BCUT2D eigenvalue weighted by Gasteiger charge is -2.24. The van der Waals surface area contributed by atoms with Gasteiger partial charge in [0.2, 0.25) is 0 Å². The molecule has 0 unspecified atom stereocenters. The Balaban J connectivity index is 1.92. The predicted octanol–water partition coefficient (Wildman–Crippen LogP) is 2.88. The van der Waals surface area contributed by atoms with Gasteiger partial charge < -0.3 is 10.2 Å². The highest BCUT2D eigenvalue weighted by molar-refractivity contribution is 7.07. The van der Waals surface area contributed by atoms with E-state index in [2.05, 4.69) is 32.0 Å². The number of carbonyl (C=O) groups is 1. The summed E-state index contributed by atoms with van der Waals surface area (Å²) in [5, 5.41) is 9.82. The summed E-state index contributed by atoms with van der Waals surface area (Å²) in [5.41, 5.74) is 2.15. The zero-order valence-corrected chi connectivity index (χ0v) is 13.3. The van der Waals surface area contributed by atoms with E-state index in [9.17, 15) is 4.79 Å². The fourth-order valence-electron chi connectivity index (χ4n) is 2.02. The molecule has 0 spiro atoms. The van der Waals surface area contributed by atoms with Crippen LogP contribution in [0.15, 0.2) is 35.2 Å². The molecule has 0 saturated heterocycles. The number of hydrogen-bond donors (Lipinski definition) is 2. The van der Waals surface area contributed by atoms with E-state index in [4.69, 9.17) is 0 Å². The van der Waals surface area contributed by atoms with Gasteiger partial charge in [0.25, 0.3) is 0 Å². The van der Waals surface area contributed by atoms with E-state index in [1.54, 1.807) is 17.5 Å². The third kappa shape index (κ3) is 4.27. The summed E-state index contributed by atoms with van der Waals surface area (Å²) in [6, 6.07) is 5.76. The molecule has 0 radical (unpaired) electrons. The minimum absolute atomic E-state index is 0.159. The first-order valence-corrected chi connectivity index (χ1v) is 7.67. The summed E-state index contributed by atoms with van der Waals surface area (Å²) in [5.74, 6) is 0.590. The van der Waals surface area contributed by atoms with Crippen molar-refractivity contribution in [1.82, 2.24) is 15.2 Å². The SMILES string of the molecule is Cc1cccnc1NC(=O)NC[C@H](c1ccsc1)N(C)C. The molecule has 0 saturated carbocycles. The second-order valence-electron chi connectivity index (χ2n) is 5.04. The van der Waals surface area contributed by atoms with Crippen LogP contribution < -0.4 is 10.6 Å². The molecule has 0 aromatic carbocycles. The number of thiophene rings is 1. The van der Waals surface area contributed by atoms with Crippen LogP contribution in [0, 0.1) is 6.92 Å². The largest absolute Gasteiger partial charge is 0.336 e. The van der Waals surface area contributed by atoms with E-state index in [1.165, 1.54) is 5.56 Å². The van der Waals surface area contributed by atoms with Crippen molar-refractivity contribution in [1.29, 1.82) is 0 Å². The van der Waals surface area contributed by atoms with Gasteiger partial charge in [-0.2, -0.15) is 11.3 Å². The van der Waals surface area contributed by atoms with Crippen molar-refractivity contribution >= 4 is 23.2 Å². The van der Waals surface area contributed by atoms with Gasteiger partial charge in [-0.3, -0.25) is 5.32 Å². The number of hydrogen-bond acceptors (Lipinski definition) is 4. The average molecular weight is 304 g/mol. The van der Waals surface area contributed by atoms with Crippen molar-refractivity contribution in [3.05, 3.63) is 46.3 Å². The van der Waals surface area contributed by atoms with E-state index in [0.29, 0.717) is 12.4 Å². The van der Waals surface area contributed by atoms with Crippen molar-refractivity contribution in [2.75, 3.05) is 26.0 Å². The second-order valence-corrected chi connectivity index (χ2v) is 5.82. The van der Waals surface area contributed by atoms with Crippen molar-refractivity contribution in [3.63, 3.8) is 0 Å². The number of anilines is 1. The van der Waals surface area contributed by atoms with Gasteiger partial charge in [-0.25, -0.2) is 9.78 Å². The van der Waals surface area contributed by atoms with Gasteiger partial charge in [0.1, 0.15) is 5.82 Å². The molecule has 0 aliphatic carbocycles. The van der Waals surface area contributed by atoms with Gasteiger partial charge in [-0.15, -0.1) is 0 Å². The highest BCUT2D eigenvalue weighted by Crippen LogP contribution is 2.20. The number of urea groups is 1. The van der Waals surface area contributed by atoms with Crippen LogP contribution in [0.5, 0.6) is 0 Å². The maximum Gasteiger partial charge on any atom is 0.320 e. The maximum absolute atomic E-state index is 12.0. The van der Waals surface area contributed by atoms with Gasteiger partial charge in [-0.05, 0) is 55.0 Å². The second kappa shape index (κ2) is 7.19. The number of aryl methyl sites for hydroxylation is 1. The van der Waals surface area contributed by atoms with Crippen molar-refractivity contribution < 1.29 is 4.79 Å². The molecule has 2 aromatic heterocycles. The molecule has 112 valence electrons. The van der Waals surface area contributed by atoms with Crippen LogP contribution in [0.1, 0.15) is 17.2 Å². The Kier molecular flexibility index (Phi) is 5.30. The highest BCUT2D eigenvalue weighted by Gasteiger charge is 2.15. The molecule has 2 N–H and O–H groups in total. The van der Waals surface area contributed by atoms with Crippen LogP contribution in [-0.2, 0) is 0 Å². The van der Waals surface area contributed by atoms with Crippen molar-refractivity contribution in [3.8, 4) is 0 Å². The normalized spacial score (nSPS) is 12.2. The van der Waals surface area contributed by atoms with Crippen molar-refractivity contribution in [2.24, 2.45) is 0 Å². The third-order valence-corrected chi connectivity index (χ3v) is 3.95. The lowest BCUT2D eigenvalue weighted by molar-refractivity contribution is 0.243. The molecular formula is C15H20N4OS. The lowest BCUT2D eigenvalue weighted by atomic mass is 10.1. The topological polar surface area (TPSA) is 57.3 Å².